The first-order chi connectivity index (χ1) is 10.2. The highest BCUT2D eigenvalue weighted by atomic mass is 16.2. The van der Waals surface area contributed by atoms with E-state index in [9.17, 15) is 4.79 Å². The van der Waals surface area contributed by atoms with Crippen molar-refractivity contribution in [3.05, 3.63) is 42.2 Å². The first-order valence-corrected chi connectivity index (χ1v) is 7.70. The number of hydrogen-bond donors (Lipinski definition) is 1. The molecule has 0 aliphatic heterocycles. The highest BCUT2D eigenvalue weighted by Crippen LogP contribution is 2.21. The maximum absolute atomic E-state index is 12.1. The van der Waals surface area contributed by atoms with Crippen molar-refractivity contribution in [2.45, 2.75) is 44.7 Å². The molecule has 1 atom stereocenters. The van der Waals surface area contributed by atoms with Crippen LogP contribution in [-0.2, 0) is 11.3 Å². The molecule has 1 N–H and O–H groups in total. The average molecular weight is 287 g/mol. The predicted molar refractivity (Wildman–Crippen MR) is 84.7 cm³/mol. The minimum atomic E-state index is 0.160. The third-order valence-electron chi connectivity index (χ3n) is 4.03. The summed E-state index contributed by atoms with van der Waals surface area (Å²) in [6.45, 7) is 5.46. The summed E-state index contributed by atoms with van der Waals surface area (Å²) in [5.74, 6) is 0.160. The van der Waals surface area contributed by atoms with Gasteiger partial charge in [0.25, 0.3) is 0 Å². The lowest BCUT2D eigenvalue weighted by Gasteiger charge is -2.26. The fourth-order valence-electron chi connectivity index (χ4n) is 2.72. The first-order valence-electron chi connectivity index (χ1n) is 7.70. The SMILES string of the molecule is C=C1CCCCC1NCCC(=O)N(C)Cc1cccnc1. The maximum atomic E-state index is 12.1. The Bertz CT molecular complexity index is 472. The van der Waals surface area contributed by atoms with E-state index in [2.05, 4.69) is 16.9 Å². The number of rotatable bonds is 6. The molecule has 1 amide bonds. The van der Waals surface area contributed by atoms with Crippen LogP contribution < -0.4 is 5.32 Å². The van der Waals surface area contributed by atoms with E-state index in [0.29, 0.717) is 19.0 Å². The van der Waals surface area contributed by atoms with Gasteiger partial charge in [-0.2, -0.15) is 0 Å². The molecule has 1 aromatic rings. The Hall–Kier alpha value is -1.68. The molecule has 0 saturated heterocycles. The Balaban J connectivity index is 1.70. The summed E-state index contributed by atoms with van der Waals surface area (Å²) in [6, 6.07) is 4.28. The lowest BCUT2D eigenvalue weighted by Crippen LogP contribution is -2.36. The lowest BCUT2D eigenvalue weighted by atomic mass is 9.91. The molecular weight excluding hydrogens is 262 g/mol. The van der Waals surface area contributed by atoms with Gasteiger partial charge in [0.05, 0.1) is 0 Å². The van der Waals surface area contributed by atoms with Gasteiger partial charge in [-0.15, -0.1) is 0 Å². The van der Waals surface area contributed by atoms with Gasteiger partial charge >= 0.3 is 0 Å². The molecule has 0 spiro atoms. The number of aromatic nitrogens is 1. The van der Waals surface area contributed by atoms with Gasteiger partial charge in [-0.05, 0) is 30.9 Å². The molecule has 1 unspecified atom stereocenters. The molecular formula is C17H25N3O. The largest absolute Gasteiger partial charge is 0.341 e. The number of pyridine rings is 1. The number of carbonyl (C=O) groups is 1. The number of carbonyl (C=O) groups excluding carboxylic acids is 1. The van der Waals surface area contributed by atoms with E-state index in [4.69, 9.17) is 0 Å². The molecule has 0 aromatic carbocycles. The van der Waals surface area contributed by atoms with Crippen LogP contribution in [0.2, 0.25) is 0 Å². The summed E-state index contributed by atoms with van der Waals surface area (Å²) in [4.78, 5) is 17.9. The van der Waals surface area contributed by atoms with E-state index in [0.717, 1.165) is 24.9 Å². The van der Waals surface area contributed by atoms with E-state index < -0.39 is 0 Å². The molecule has 21 heavy (non-hydrogen) atoms. The van der Waals surface area contributed by atoms with Crippen LogP contribution in [-0.4, -0.2) is 35.4 Å². The topological polar surface area (TPSA) is 45.2 Å². The summed E-state index contributed by atoms with van der Waals surface area (Å²) in [5.41, 5.74) is 2.35. The van der Waals surface area contributed by atoms with Crippen LogP contribution in [0.25, 0.3) is 0 Å². The smallest absolute Gasteiger partial charge is 0.223 e. The zero-order valence-corrected chi connectivity index (χ0v) is 12.8. The quantitative estimate of drug-likeness (QED) is 0.818. The molecule has 1 heterocycles. The highest BCUT2D eigenvalue weighted by Gasteiger charge is 2.17. The van der Waals surface area contributed by atoms with Gasteiger partial charge < -0.3 is 10.2 Å². The third-order valence-corrected chi connectivity index (χ3v) is 4.03. The van der Waals surface area contributed by atoms with Crippen LogP contribution in [0.5, 0.6) is 0 Å². The van der Waals surface area contributed by atoms with Crippen molar-refractivity contribution in [3.8, 4) is 0 Å². The number of hydrogen-bond acceptors (Lipinski definition) is 3. The maximum Gasteiger partial charge on any atom is 0.223 e. The van der Waals surface area contributed by atoms with Crippen molar-refractivity contribution in [3.63, 3.8) is 0 Å². The van der Waals surface area contributed by atoms with E-state index in [1.807, 2.05) is 19.2 Å². The molecule has 1 aliphatic carbocycles. The van der Waals surface area contributed by atoms with Crippen molar-refractivity contribution in [2.75, 3.05) is 13.6 Å². The Kier molecular flexibility index (Phi) is 5.93. The van der Waals surface area contributed by atoms with Gasteiger partial charge in [-0.25, -0.2) is 0 Å². The van der Waals surface area contributed by atoms with Crippen LogP contribution in [0.15, 0.2) is 36.7 Å². The van der Waals surface area contributed by atoms with Crippen LogP contribution in [0.3, 0.4) is 0 Å². The van der Waals surface area contributed by atoms with Crippen molar-refractivity contribution in [2.24, 2.45) is 0 Å². The molecule has 4 nitrogen and oxygen atoms in total. The number of nitrogens with zero attached hydrogens (tertiary/aromatic N) is 2. The second kappa shape index (κ2) is 7.93. The van der Waals surface area contributed by atoms with Crippen LogP contribution >= 0.6 is 0 Å². The molecule has 0 radical (unpaired) electrons. The predicted octanol–water partition coefficient (Wildman–Crippen LogP) is 2.52. The van der Waals surface area contributed by atoms with Gasteiger partial charge in [0, 0.05) is 45.0 Å². The molecule has 1 fully saturated rings. The lowest BCUT2D eigenvalue weighted by molar-refractivity contribution is -0.130. The minimum Gasteiger partial charge on any atom is -0.341 e. The zero-order chi connectivity index (χ0) is 15.1. The van der Waals surface area contributed by atoms with E-state index in [1.165, 1.54) is 18.4 Å². The van der Waals surface area contributed by atoms with E-state index in [1.54, 1.807) is 17.3 Å². The fourth-order valence-corrected chi connectivity index (χ4v) is 2.72. The van der Waals surface area contributed by atoms with E-state index in [-0.39, 0.29) is 5.91 Å². The highest BCUT2D eigenvalue weighted by molar-refractivity contribution is 5.76. The molecule has 1 saturated carbocycles. The molecule has 114 valence electrons. The summed E-state index contributed by atoms with van der Waals surface area (Å²) in [7, 11) is 1.84. The van der Waals surface area contributed by atoms with E-state index >= 15 is 0 Å². The van der Waals surface area contributed by atoms with Crippen LogP contribution in [0.4, 0.5) is 0 Å². The normalized spacial score (nSPS) is 18.5. The Morgan fingerprint density at radius 1 is 1.52 bits per heavy atom. The van der Waals surface area contributed by atoms with Crippen molar-refractivity contribution in [1.29, 1.82) is 0 Å². The van der Waals surface area contributed by atoms with Crippen LogP contribution in [0, 0.1) is 0 Å². The second-order valence-corrected chi connectivity index (χ2v) is 5.77. The van der Waals surface area contributed by atoms with Gasteiger partial charge in [-0.3, -0.25) is 9.78 Å². The molecule has 1 aromatic heterocycles. The van der Waals surface area contributed by atoms with Crippen molar-refractivity contribution in [1.82, 2.24) is 15.2 Å². The van der Waals surface area contributed by atoms with Crippen molar-refractivity contribution >= 4 is 5.91 Å². The van der Waals surface area contributed by atoms with Gasteiger partial charge in [-0.1, -0.05) is 24.6 Å². The number of amides is 1. The molecule has 2 rings (SSSR count). The van der Waals surface area contributed by atoms with Gasteiger partial charge in [0.1, 0.15) is 0 Å². The fraction of sp³-hybridized carbons (Fsp3) is 0.529. The van der Waals surface area contributed by atoms with Crippen molar-refractivity contribution < 1.29 is 4.79 Å². The van der Waals surface area contributed by atoms with Gasteiger partial charge in [0.15, 0.2) is 0 Å². The summed E-state index contributed by atoms with van der Waals surface area (Å²) in [6.07, 6.45) is 8.85. The Labute approximate surface area is 127 Å². The summed E-state index contributed by atoms with van der Waals surface area (Å²) < 4.78 is 0. The molecule has 1 aliphatic rings. The minimum absolute atomic E-state index is 0.160. The molecule has 0 bridgehead atoms. The Morgan fingerprint density at radius 3 is 3.10 bits per heavy atom. The third kappa shape index (κ3) is 4.97. The zero-order valence-electron chi connectivity index (χ0n) is 12.8. The summed E-state index contributed by atoms with van der Waals surface area (Å²) in [5, 5.41) is 3.46. The van der Waals surface area contributed by atoms with Crippen LogP contribution in [0.1, 0.15) is 37.7 Å². The monoisotopic (exact) mass is 287 g/mol. The summed E-state index contributed by atoms with van der Waals surface area (Å²) >= 11 is 0. The Morgan fingerprint density at radius 2 is 2.38 bits per heavy atom. The number of nitrogens with one attached hydrogen (secondary N) is 1. The second-order valence-electron chi connectivity index (χ2n) is 5.77. The average Bonchev–Trinajstić information content (AvgIpc) is 2.50. The first kappa shape index (κ1) is 15.7. The van der Waals surface area contributed by atoms with Gasteiger partial charge in [0.2, 0.25) is 5.91 Å². The standard InChI is InChI=1S/C17H25N3O/c1-14-6-3-4-8-16(14)19-11-9-17(21)20(2)13-15-7-5-10-18-12-15/h5,7,10,12,16,19H,1,3-4,6,8-9,11,13H2,2H3. The molecule has 4 heteroatoms.